The van der Waals surface area contributed by atoms with Gasteiger partial charge in [0.2, 0.25) is 5.88 Å². The van der Waals surface area contributed by atoms with Crippen LogP contribution >= 0.6 is 0 Å². The minimum Gasteiger partial charge on any atom is -0.473 e. The Bertz CT molecular complexity index is 503. The van der Waals surface area contributed by atoms with Crippen LogP contribution in [0.4, 0.5) is 0 Å². The van der Waals surface area contributed by atoms with Gasteiger partial charge in [-0.15, -0.1) is 0 Å². The molecule has 1 aromatic carbocycles. The molecule has 0 radical (unpaired) electrons. The Morgan fingerprint density at radius 1 is 1.06 bits per heavy atom. The van der Waals surface area contributed by atoms with E-state index in [1.54, 1.807) is 18.2 Å². The molecule has 0 aliphatic heterocycles. The molecule has 0 saturated carbocycles. The van der Waals surface area contributed by atoms with Crippen molar-refractivity contribution in [2.24, 2.45) is 0 Å². The zero-order valence-electron chi connectivity index (χ0n) is 8.63. The van der Waals surface area contributed by atoms with Crippen molar-refractivity contribution in [1.82, 2.24) is 4.98 Å². The van der Waals surface area contributed by atoms with Gasteiger partial charge in [0.1, 0.15) is 18.4 Å². The lowest BCUT2D eigenvalue weighted by Gasteiger charge is -2.04. The first-order valence-electron chi connectivity index (χ1n) is 4.92. The van der Waals surface area contributed by atoms with Gasteiger partial charge in [0, 0.05) is 6.07 Å². The van der Waals surface area contributed by atoms with Gasteiger partial charge in [-0.1, -0.05) is 36.4 Å². The van der Waals surface area contributed by atoms with Crippen molar-refractivity contribution in [2.75, 3.05) is 0 Å². The van der Waals surface area contributed by atoms with Crippen LogP contribution in [0.5, 0.6) is 5.88 Å². The molecule has 2 rings (SSSR count). The fourth-order valence-corrected chi connectivity index (χ4v) is 1.29. The van der Waals surface area contributed by atoms with E-state index in [4.69, 9.17) is 10.00 Å². The van der Waals surface area contributed by atoms with Crippen molar-refractivity contribution in [3.63, 3.8) is 0 Å². The van der Waals surface area contributed by atoms with E-state index in [0.29, 0.717) is 18.2 Å². The van der Waals surface area contributed by atoms with Crippen LogP contribution in [0.2, 0.25) is 0 Å². The normalized spacial score (nSPS) is 9.44. The van der Waals surface area contributed by atoms with Crippen molar-refractivity contribution in [2.45, 2.75) is 6.61 Å². The fourth-order valence-electron chi connectivity index (χ4n) is 1.29. The quantitative estimate of drug-likeness (QED) is 0.782. The second-order valence-electron chi connectivity index (χ2n) is 3.25. The lowest BCUT2D eigenvalue weighted by atomic mass is 10.2. The molecule has 3 heteroatoms. The second-order valence-corrected chi connectivity index (χ2v) is 3.25. The second kappa shape index (κ2) is 4.94. The third-order valence-corrected chi connectivity index (χ3v) is 2.07. The van der Waals surface area contributed by atoms with Crippen molar-refractivity contribution in [1.29, 1.82) is 5.26 Å². The Kier molecular flexibility index (Phi) is 3.15. The summed E-state index contributed by atoms with van der Waals surface area (Å²) in [7, 11) is 0. The predicted molar refractivity (Wildman–Crippen MR) is 59.7 cm³/mol. The molecule has 0 aliphatic rings. The lowest BCUT2D eigenvalue weighted by Crippen LogP contribution is -1.97. The SMILES string of the molecule is N#Cc1cccc(OCc2ccccc2)n1. The molecule has 0 saturated heterocycles. The zero-order valence-corrected chi connectivity index (χ0v) is 8.63. The number of nitrogens with zero attached hydrogens (tertiary/aromatic N) is 2. The zero-order chi connectivity index (χ0) is 11.2. The van der Waals surface area contributed by atoms with Gasteiger partial charge in [-0.2, -0.15) is 5.26 Å². The first-order valence-corrected chi connectivity index (χ1v) is 4.92. The van der Waals surface area contributed by atoms with Crippen LogP contribution in [0.25, 0.3) is 0 Å². The summed E-state index contributed by atoms with van der Waals surface area (Å²) in [4.78, 5) is 4.02. The summed E-state index contributed by atoms with van der Waals surface area (Å²) in [6.45, 7) is 0.461. The number of pyridine rings is 1. The number of benzene rings is 1. The molecule has 1 aromatic heterocycles. The molecule has 16 heavy (non-hydrogen) atoms. The topological polar surface area (TPSA) is 45.9 Å². The van der Waals surface area contributed by atoms with Crippen LogP contribution < -0.4 is 4.74 Å². The first kappa shape index (κ1) is 10.2. The maximum atomic E-state index is 8.68. The van der Waals surface area contributed by atoms with E-state index in [9.17, 15) is 0 Å². The van der Waals surface area contributed by atoms with E-state index in [2.05, 4.69) is 4.98 Å². The van der Waals surface area contributed by atoms with Gasteiger partial charge in [0.15, 0.2) is 0 Å². The molecule has 0 unspecified atom stereocenters. The summed E-state index contributed by atoms with van der Waals surface area (Å²) >= 11 is 0. The molecule has 78 valence electrons. The molecule has 3 nitrogen and oxygen atoms in total. The monoisotopic (exact) mass is 210 g/mol. The Morgan fingerprint density at radius 2 is 1.88 bits per heavy atom. The van der Waals surface area contributed by atoms with E-state index >= 15 is 0 Å². The van der Waals surface area contributed by atoms with Gasteiger partial charge in [-0.3, -0.25) is 0 Å². The number of ether oxygens (including phenoxy) is 1. The van der Waals surface area contributed by atoms with Crippen molar-refractivity contribution >= 4 is 0 Å². The van der Waals surface area contributed by atoms with Crippen LogP contribution in [-0.4, -0.2) is 4.98 Å². The van der Waals surface area contributed by atoms with E-state index in [0.717, 1.165) is 5.56 Å². The Hall–Kier alpha value is -2.34. The minimum absolute atomic E-state index is 0.366. The smallest absolute Gasteiger partial charge is 0.214 e. The van der Waals surface area contributed by atoms with Crippen LogP contribution in [0, 0.1) is 11.3 Å². The standard InChI is InChI=1S/C13H10N2O/c14-9-12-7-4-8-13(15-12)16-10-11-5-2-1-3-6-11/h1-8H,10H2. The highest BCUT2D eigenvalue weighted by molar-refractivity contribution is 5.25. The molecule has 0 N–H and O–H groups in total. The molecule has 0 spiro atoms. The highest BCUT2D eigenvalue weighted by Crippen LogP contribution is 2.09. The van der Waals surface area contributed by atoms with Gasteiger partial charge in [-0.05, 0) is 11.6 Å². The molecule has 0 atom stereocenters. The van der Waals surface area contributed by atoms with Crippen LogP contribution in [0.1, 0.15) is 11.3 Å². The van der Waals surface area contributed by atoms with Crippen LogP contribution in [-0.2, 0) is 6.61 Å². The Balaban J connectivity index is 2.03. The van der Waals surface area contributed by atoms with Gasteiger partial charge in [-0.25, -0.2) is 4.98 Å². The molecule has 2 aromatic rings. The van der Waals surface area contributed by atoms with Crippen LogP contribution in [0.3, 0.4) is 0 Å². The first-order chi connectivity index (χ1) is 7.88. The van der Waals surface area contributed by atoms with Crippen molar-refractivity contribution in [3.8, 4) is 11.9 Å². The minimum atomic E-state index is 0.366. The van der Waals surface area contributed by atoms with Crippen molar-refractivity contribution < 1.29 is 4.74 Å². The summed E-state index contributed by atoms with van der Waals surface area (Å²) in [5.74, 6) is 0.475. The van der Waals surface area contributed by atoms with E-state index < -0.39 is 0 Å². The largest absolute Gasteiger partial charge is 0.473 e. The molecular weight excluding hydrogens is 200 g/mol. The highest BCUT2D eigenvalue weighted by atomic mass is 16.5. The van der Waals surface area contributed by atoms with E-state index in [-0.39, 0.29) is 0 Å². The number of aromatic nitrogens is 1. The fraction of sp³-hybridized carbons (Fsp3) is 0.0769. The number of hydrogen-bond acceptors (Lipinski definition) is 3. The summed E-state index contributed by atoms with van der Waals surface area (Å²) in [5, 5.41) is 8.68. The van der Waals surface area contributed by atoms with E-state index in [1.807, 2.05) is 36.4 Å². The maximum absolute atomic E-state index is 8.68. The Morgan fingerprint density at radius 3 is 2.62 bits per heavy atom. The number of hydrogen-bond donors (Lipinski definition) is 0. The summed E-state index contributed by atoms with van der Waals surface area (Å²) in [6, 6.07) is 16.9. The van der Waals surface area contributed by atoms with E-state index in [1.165, 1.54) is 0 Å². The maximum Gasteiger partial charge on any atom is 0.214 e. The molecule has 0 bridgehead atoms. The third-order valence-electron chi connectivity index (χ3n) is 2.07. The van der Waals surface area contributed by atoms with Gasteiger partial charge >= 0.3 is 0 Å². The molecule has 0 amide bonds. The third kappa shape index (κ3) is 2.58. The van der Waals surface area contributed by atoms with Gasteiger partial charge in [0.25, 0.3) is 0 Å². The van der Waals surface area contributed by atoms with Crippen molar-refractivity contribution in [3.05, 3.63) is 59.8 Å². The number of rotatable bonds is 3. The van der Waals surface area contributed by atoms with Crippen LogP contribution in [0.15, 0.2) is 48.5 Å². The lowest BCUT2D eigenvalue weighted by molar-refractivity contribution is 0.293. The Labute approximate surface area is 93.9 Å². The molecular formula is C13H10N2O. The predicted octanol–water partition coefficient (Wildman–Crippen LogP) is 2.53. The van der Waals surface area contributed by atoms with Gasteiger partial charge in [0.05, 0.1) is 0 Å². The molecule has 1 heterocycles. The summed E-state index contributed by atoms with van der Waals surface area (Å²) in [6.07, 6.45) is 0. The average Bonchev–Trinajstić information content (AvgIpc) is 2.38. The molecule has 0 fully saturated rings. The van der Waals surface area contributed by atoms with Gasteiger partial charge < -0.3 is 4.74 Å². The highest BCUT2D eigenvalue weighted by Gasteiger charge is 1.98. The summed E-state index contributed by atoms with van der Waals surface area (Å²) in [5.41, 5.74) is 1.44. The average molecular weight is 210 g/mol. The number of nitriles is 1. The molecule has 0 aliphatic carbocycles. The summed E-state index contributed by atoms with van der Waals surface area (Å²) < 4.78 is 5.47.